The topological polar surface area (TPSA) is 15.3 Å². The van der Waals surface area contributed by atoms with Crippen LogP contribution in [-0.2, 0) is 0 Å². The molecule has 0 aromatic rings. The van der Waals surface area contributed by atoms with Crippen LogP contribution in [0.15, 0.2) is 12.2 Å². The van der Waals surface area contributed by atoms with E-state index in [1.165, 1.54) is 6.20 Å². The molecule has 0 atom stereocenters. The Morgan fingerprint density at radius 2 is 2.71 bits per heavy atom. The average molecular weight is 102 g/mol. The zero-order valence-corrected chi connectivity index (χ0v) is 4.11. The van der Waals surface area contributed by atoms with Crippen molar-refractivity contribution in [1.29, 1.82) is 0 Å². The lowest BCUT2D eigenvalue weighted by molar-refractivity contribution is 0.465. The highest BCUT2D eigenvalue weighted by molar-refractivity contribution is 4.93. The number of halogens is 1. The zero-order chi connectivity index (χ0) is 5.28. The summed E-state index contributed by atoms with van der Waals surface area (Å²) in [5, 5.41) is 2.49. The van der Waals surface area contributed by atoms with Gasteiger partial charge in [-0.2, -0.15) is 4.39 Å². The second-order valence-electron chi connectivity index (χ2n) is 1.57. The lowest BCUT2D eigenvalue weighted by Gasteiger charge is -2.01. The van der Waals surface area contributed by atoms with Crippen LogP contribution >= 0.6 is 0 Å². The van der Waals surface area contributed by atoms with Crippen LogP contribution in [0.3, 0.4) is 0 Å². The molecule has 0 saturated carbocycles. The minimum absolute atomic E-state index is 0.248. The molecule has 1 heterocycles. The highest BCUT2D eigenvalue weighted by atomic mass is 19.1. The maximum Gasteiger partial charge on any atom is 0.204 e. The van der Waals surface area contributed by atoms with Crippen molar-refractivity contribution in [2.75, 3.05) is 13.7 Å². The van der Waals surface area contributed by atoms with Crippen molar-refractivity contribution in [1.82, 2.24) is 10.2 Å². The molecule has 0 aromatic carbocycles. The van der Waals surface area contributed by atoms with Crippen molar-refractivity contribution >= 4 is 0 Å². The van der Waals surface area contributed by atoms with Gasteiger partial charge in [0.25, 0.3) is 0 Å². The molecule has 1 aliphatic rings. The van der Waals surface area contributed by atoms with Gasteiger partial charge in [0.2, 0.25) is 5.95 Å². The van der Waals surface area contributed by atoms with E-state index in [9.17, 15) is 4.39 Å². The predicted octanol–water partition coefficient (Wildman–Crippen LogP) is 0.247. The highest BCUT2D eigenvalue weighted by Gasteiger charge is 2.03. The van der Waals surface area contributed by atoms with Gasteiger partial charge in [0.1, 0.15) is 0 Å². The number of nitrogens with one attached hydrogen (secondary N) is 1. The Kier molecular flexibility index (Phi) is 0.889. The molecule has 0 fully saturated rings. The van der Waals surface area contributed by atoms with Crippen molar-refractivity contribution in [3.63, 3.8) is 0 Å². The SMILES string of the molecule is CN1C=C(F)NC1. The molecular weight excluding hydrogens is 95.1 g/mol. The zero-order valence-electron chi connectivity index (χ0n) is 4.11. The quantitative estimate of drug-likeness (QED) is 0.441. The lowest BCUT2D eigenvalue weighted by atomic mass is 10.8. The largest absolute Gasteiger partial charge is 0.359 e. The van der Waals surface area contributed by atoms with E-state index in [4.69, 9.17) is 0 Å². The molecule has 0 bridgehead atoms. The Bertz CT molecular complexity index is 99.9. The molecule has 1 N–H and O–H groups in total. The van der Waals surface area contributed by atoms with Crippen molar-refractivity contribution in [3.8, 4) is 0 Å². The highest BCUT2D eigenvalue weighted by Crippen LogP contribution is 1.99. The summed E-state index contributed by atoms with van der Waals surface area (Å²) in [6, 6.07) is 0. The number of hydrogen-bond acceptors (Lipinski definition) is 2. The average Bonchev–Trinajstić information content (AvgIpc) is 1.87. The Labute approximate surface area is 41.6 Å². The smallest absolute Gasteiger partial charge is 0.204 e. The molecular formula is C4H7FN2. The summed E-state index contributed by atoms with van der Waals surface area (Å²) in [4.78, 5) is 1.73. The summed E-state index contributed by atoms with van der Waals surface area (Å²) >= 11 is 0. The Hall–Kier alpha value is -0.730. The Morgan fingerprint density at radius 3 is 2.86 bits per heavy atom. The third kappa shape index (κ3) is 0.824. The Morgan fingerprint density at radius 1 is 2.00 bits per heavy atom. The minimum Gasteiger partial charge on any atom is -0.359 e. The molecule has 0 radical (unpaired) electrons. The van der Waals surface area contributed by atoms with Gasteiger partial charge in [-0.05, 0) is 0 Å². The van der Waals surface area contributed by atoms with Gasteiger partial charge in [-0.1, -0.05) is 0 Å². The number of nitrogens with zero attached hydrogens (tertiary/aromatic N) is 1. The van der Waals surface area contributed by atoms with E-state index in [-0.39, 0.29) is 5.95 Å². The van der Waals surface area contributed by atoms with Gasteiger partial charge in [-0.3, -0.25) is 0 Å². The standard InChI is InChI=1S/C4H7FN2/c1-7-2-4(5)6-3-7/h2,6H,3H2,1H3. The summed E-state index contributed by atoms with van der Waals surface area (Å²) in [6.45, 7) is 0.589. The van der Waals surface area contributed by atoms with Crippen LogP contribution in [0.2, 0.25) is 0 Å². The molecule has 0 aliphatic carbocycles. The van der Waals surface area contributed by atoms with Crippen LogP contribution in [-0.4, -0.2) is 18.6 Å². The number of hydrogen-bond donors (Lipinski definition) is 1. The summed E-state index contributed by atoms with van der Waals surface area (Å²) in [5.74, 6) is -0.248. The van der Waals surface area contributed by atoms with Crippen molar-refractivity contribution in [2.45, 2.75) is 0 Å². The maximum atomic E-state index is 11.9. The van der Waals surface area contributed by atoms with Gasteiger partial charge in [-0.15, -0.1) is 0 Å². The molecule has 7 heavy (non-hydrogen) atoms. The van der Waals surface area contributed by atoms with Crippen LogP contribution in [0, 0.1) is 0 Å². The first-order valence-electron chi connectivity index (χ1n) is 2.10. The van der Waals surface area contributed by atoms with E-state index in [1.54, 1.807) is 11.9 Å². The van der Waals surface area contributed by atoms with Gasteiger partial charge < -0.3 is 10.2 Å². The van der Waals surface area contributed by atoms with E-state index >= 15 is 0 Å². The third-order valence-corrected chi connectivity index (χ3v) is 0.831. The fourth-order valence-corrected chi connectivity index (χ4v) is 0.485. The summed E-state index contributed by atoms with van der Waals surface area (Å²) < 4.78 is 11.9. The monoisotopic (exact) mass is 102 g/mol. The summed E-state index contributed by atoms with van der Waals surface area (Å²) in [7, 11) is 1.81. The van der Waals surface area contributed by atoms with E-state index < -0.39 is 0 Å². The Balaban J connectivity index is 2.50. The van der Waals surface area contributed by atoms with Gasteiger partial charge in [-0.25, -0.2) is 0 Å². The van der Waals surface area contributed by atoms with Gasteiger partial charge in [0.15, 0.2) is 0 Å². The molecule has 0 saturated heterocycles. The molecule has 0 unspecified atom stereocenters. The van der Waals surface area contributed by atoms with Gasteiger partial charge in [0.05, 0.1) is 12.9 Å². The molecule has 1 aliphatic heterocycles. The molecule has 1 rings (SSSR count). The van der Waals surface area contributed by atoms with Crippen molar-refractivity contribution < 1.29 is 4.39 Å². The van der Waals surface area contributed by atoms with E-state index in [1.807, 2.05) is 0 Å². The fourth-order valence-electron chi connectivity index (χ4n) is 0.485. The van der Waals surface area contributed by atoms with Gasteiger partial charge in [0, 0.05) is 7.05 Å². The van der Waals surface area contributed by atoms with Crippen LogP contribution in [0.4, 0.5) is 4.39 Å². The van der Waals surface area contributed by atoms with Crippen LogP contribution in [0.25, 0.3) is 0 Å². The van der Waals surface area contributed by atoms with E-state index in [0.717, 1.165) is 0 Å². The minimum atomic E-state index is -0.248. The van der Waals surface area contributed by atoms with Crippen LogP contribution in [0.1, 0.15) is 0 Å². The third-order valence-electron chi connectivity index (χ3n) is 0.831. The molecule has 2 nitrogen and oxygen atoms in total. The maximum absolute atomic E-state index is 11.9. The molecule has 0 amide bonds. The van der Waals surface area contributed by atoms with Crippen LogP contribution in [0.5, 0.6) is 0 Å². The fraction of sp³-hybridized carbons (Fsp3) is 0.500. The predicted molar refractivity (Wildman–Crippen MR) is 25.0 cm³/mol. The summed E-state index contributed by atoms with van der Waals surface area (Å²) in [5.41, 5.74) is 0. The number of rotatable bonds is 0. The van der Waals surface area contributed by atoms with Crippen LogP contribution < -0.4 is 5.32 Å². The molecule has 0 spiro atoms. The first-order chi connectivity index (χ1) is 3.29. The molecule has 40 valence electrons. The van der Waals surface area contributed by atoms with Crippen molar-refractivity contribution in [2.24, 2.45) is 0 Å². The van der Waals surface area contributed by atoms with Gasteiger partial charge >= 0.3 is 0 Å². The second kappa shape index (κ2) is 1.40. The first-order valence-corrected chi connectivity index (χ1v) is 2.10. The first kappa shape index (κ1) is 4.43. The summed E-state index contributed by atoms with van der Waals surface area (Å²) in [6.07, 6.45) is 1.42. The molecule has 0 aromatic heterocycles. The normalized spacial score (nSPS) is 19.1. The van der Waals surface area contributed by atoms with E-state index in [2.05, 4.69) is 5.32 Å². The second-order valence-corrected chi connectivity index (χ2v) is 1.57. The van der Waals surface area contributed by atoms with E-state index in [0.29, 0.717) is 6.67 Å². The lowest BCUT2D eigenvalue weighted by Crippen LogP contribution is -2.15. The van der Waals surface area contributed by atoms with Crippen molar-refractivity contribution in [3.05, 3.63) is 12.2 Å². The molecule has 3 heteroatoms.